The van der Waals surface area contributed by atoms with Gasteiger partial charge in [-0.15, -0.1) is 0 Å². The van der Waals surface area contributed by atoms with E-state index in [4.69, 9.17) is 30.5 Å². The molecule has 83 heavy (non-hydrogen) atoms. The number of rotatable bonds is 13. The highest BCUT2D eigenvalue weighted by Crippen LogP contribution is 2.42. The highest BCUT2D eigenvalue weighted by molar-refractivity contribution is 6.28. The Bertz CT molecular complexity index is 3130. The summed E-state index contributed by atoms with van der Waals surface area (Å²) in [6.45, 7) is 12.8. The molecular weight excluding hydrogens is 1100 g/mol. The first kappa shape index (κ1) is 61.0. The lowest BCUT2D eigenvalue weighted by Crippen LogP contribution is -2.58. The quantitative estimate of drug-likeness (QED) is 0.0821. The number of carbonyl (C=O) groups excluding carboxylic acids is 4. The van der Waals surface area contributed by atoms with Crippen molar-refractivity contribution in [3.63, 3.8) is 0 Å². The lowest BCUT2D eigenvalue weighted by Gasteiger charge is -2.37. The number of nitrogens with zero attached hydrogens (tertiary/aromatic N) is 7. The van der Waals surface area contributed by atoms with Gasteiger partial charge in [0, 0.05) is 50.0 Å². The molecule has 2 N–H and O–H groups in total. The molecule has 17 nitrogen and oxygen atoms in total. The number of ether oxygens (including phenoxy) is 4. The summed E-state index contributed by atoms with van der Waals surface area (Å²) < 4.78 is 77.6. The molecule has 0 unspecified atom stereocenters. The van der Waals surface area contributed by atoms with Crippen LogP contribution in [0.3, 0.4) is 0 Å². The molecule has 4 amide bonds. The van der Waals surface area contributed by atoms with Crippen molar-refractivity contribution in [3.8, 4) is 11.5 Å². The van der Waals surface area contributed by atoms with E-state index in [-0.39, 0.29) is 60.6 Å². The number of fused-ring (bicyclic) bond motifs is 2. The van der Waals surface area contributed by atoms with Gasteiger partial charge < -0.3 is 44.3 Å². The van der Waals surface area contributed by atoms with Crippen LogP contribution in [0.4, 0.5) is 33.1 Å². The van der Waals surface area contributed by atoms with Gasteiger partial charge >= 0.3 is 12.2 Å². The summed E-state index contributed by atoms with van der Waals surface area (Å²) in [6, 6.07) is 26.3. The van der Waals surface area contributed by atoms with E-state index in [9.17, 15) is 36.7 Å². The molecule has 1 saturated carbocycles. The Morgan fingerprint density at radius 3 is 1.48 bits per heavy atom. The molecule has 10 rings (SSSR count). The minimum Gasteiger partial charge on any atom is -0.488 e. The molecule has 4 aliphatic rings. The topological polar surface area (TPSA) is 191 Å². The van der Waals surface area contributed by atoms with Crippen molar-refractivity contribution in [2.75, 3.05) is 24.5 Å². The lowest BCUT2D eigenvalue weighted by atomic mass is 9.85. The van der Waals surface area contributed by atoms with Crippen LogP contribution in [0, 0.1) is 40.0 Å². The standard InChI is InChI=1S/C30H33F2N5O4.C27H32F2N2O4.C4H3ClN2/c1-30(2,3)26(35-29(39)40-18-19-8-5-4-6-9-19)27(38)36-15-12-23-25(36)24(17-37(23)28-33-13-7-14-34-28)41-20-10-11-21(31)22(32)16-20;1-27(2,3)24(30-26(33)34-16-17-7-5-4-6-8-17)25(32)31-14-13-18-9-12-22(23(18)31)35-19-10-11-20(28)21(29)15-19;5-4-6-2-1-3-7-4/h4-11,13-14,16,23-26H,12,15,17-18H2,1-3H3,(H,35,39);4-8,10-11,15,18,22-24H,9,12-14,16H2,1-3H3,(H,30,33);1-3H/t23-,24+,25+,26-;18-,22+,23+,24-;/m11./s1. The summed E-state index contributed by atoms with van der Waals surface area (Å²) in [5, 5.41) is 5.85. The molecule has 8 atom stereocenters. The largest absolute Gasteiger partial charge is 0.488 e. The fraction of sp³-hybridized carbons (Fsp3) is 0.410. The number of halogens is 5. The number of nitrogens with one attached hydrogen (secondary N) is 2. The SMILES string of the molecule is CC(C)(C)[C@H](NC(=O)OCc1ccccc1)C(=O)N1CC[C@@H]2[C@H]1[C@@H](Oc1ccc(F)c(F)c1)CN2c1ncccn1.CC(C)(C)[C@H](NC(=O)OCc1ccccc1)C(=O)N1CC[C@H]2CC[C@H](Oc3ccc(F)c(F)c3)[C@H]21.Clc1ncccn1. The second kappa shape index (κ2) is 27.3. The highest BCUT2D eigenvalue weighted by atomic mass is 35.5. The van der Waals surface area contributed by atoms with Gasteiger partial charge in [-0.25, -0.2) is 47.1 Å². The third-order valence-electron chi connectivity index (χ3n) is 14.8. The Morgan fingerprint density at radius 1 is 0.566 bits per heavy atom. The van der Waals surface area contributed by atoms with Gasteiger partial charge in [0.1, 0.15) is 49.0 Å². The van der Waals surface area contributed by atoms with E-state index in [0.717, 1.165) is 48.2 Å². The smallest absolute Gasteiger partial charge is 0.408 e. The number of benzene rings is 4. The van der Waals surface area contributed by atoms with Crippen LogP contribution < -0.4 is 25.0 Å². The zero-order valence-corrected chi connectivity index (χ0v) is 47.7. The van der Waals surface area contributed by atoms with Gasteiger partial charge in [-0.1, -0.05) is 102 Å². The van der Waals surface area contributed by atoms with Crippen molar-refractivity contribution in [2.24, 2.45) is 16.7 Å². The average molecular weight is 1170 g/mol. The van der Waals surface area contributed by atoms with Gasteiger partial charge in [-0.3, -0.25) is 9.59 Å². The second-order valence-corrected chi connectivity index (χ2v) is 23.1. The Labute approximate surface area is 485 Å². The molecule has 0 bridgehead atoms. The first-order valence-corrected chi connectivity index (χ1v) is 27.8. The molecule has 0 radical (unpaired) electrons. The summed E-state index contributed by atoms with van der Waals surface area (Å²) in [6.07, 6.45) is 7.24. The molecule has 1 aliphatic carbocycles. The minimum absolute atomic E-state index is 0.0717. The molecule has 3 aliphatic heterocycles. The predicted molar refractivity (Wildman–Crippen MR) is 301 cm³/mol. The number of hydrogen-bond acceptors (Lipinski definition) is 13. The maximum atomic E-state index is 14.1. The van der Waals surface area contributed by atoms with Gasteiger partial charge in [0.2, 0.25) is 23.0 Å². The first-order valence-electron chi connectivity index (χ1n) is 27.4. The molecule has 22 heteroatoms. The van der Waals surface area contributed by atoms with E-state index in [1.807, 2.05) is 107 Å². The van der Waals surface area contributed by atoms with E-state index in [1.165, 1.54) is 12.1 Å². The fourth-order valence-electron chi connectivity index (χ4n) is 10.8. The van der Waals surface area contributed by atoms with E-state index < -0.39 is 70.5 Å². The fourth-order valence-corrected chi connectivity index (χ4v) is 10.9. The van der Waals surface area contributed by atoms with Crippen molar-refractivity contribution >= 4 is 41.6 Å². The van der Waals surface area contributed by atoms with E-state index in [2.05, 4.69) is 30.6 Å². The molecular formula is C61H68ClF4N9O8. The van der Waals surface area contributed by atoms with Crippen LogP contribution in [-0.2, 0) is 32.3 Å². The molecule has 5 heterocycles. The van der Waals surface area contributed by atoms with Crippen molar-refractivity contribution in [2.45, 2.75) is 123 Å². The number of hydrogen-bond donors (Lipinski definition) is 2. The van der Waals surface area contributed by atoms with Crippen molar-refractivity contribution in [3.05, 3.63) is 174 Å². The number of amides is 4. The van der Waals surface area contributed by atoms with E-state index in [1.54, 1.807) is 46.7 Å². The maximum absolute atomic E-state index is 14.1. The van der Waals surface area contributed by atoms with Gasteiger partial charge in [0.25, 0.3) is 0 Å². The zero-order valence-electron chi connectivity index (χ0n) is 47.0. The number of alkyl carbamates (subject to hydrolysis) is 2. The lowest BCUT2D eigenvalue weighted by molar-refractivity contribution is -0.139. The van der Waals surface area contributed by atoms with E-state index in [0.29, 0.717) is 43.7 Å². The summed E-state index contributed by atoms with van der Waals surface area (Å²) in [4.78, 5) is 74.8. The Balaban J connectivity index is 0.000000196. The van der Waals surface area contributed by atoms with Crippen molar-refractivity contribution < 1.29 is 55.7 Å². The Kier molecular flexibility index (Phi) is 20.1. The number of carbonyl (C=O) groups is 4. The predicted octanol–water partition coefficient (Wildman–Crippen LogP) is 10.5. The van der Waals surface area contributed by atoms with Gasteiger partial charge in [-0.2, -0.15) is 0 Å². The van der Waals surface area contributed by atoms with Crippen LogP contribution in [0.5, 0.6) is 11.5 Å². The molecule has 4 aromatic carbocycles. The van der Waals surface area contributed by atoms with Gasteiger partial charge in [0.15, 0.2) is 23.3 Å². The van der Waals surface area contributed by atoms with Crippen molar-refractivity contribution in [1.82, 2.24) is 40.4 Å². The molecule has 3 saturated heterocycles. The third-order valence-corrected chi connectivity index (χ3v) is 15.0. The number of likely N-dealkylation sites (tertiary alicyclic amines) is 2. The number of anilines is 1. The van der Waals surface area contributed by atoms with Crippen LogP contribution in [0.15, 0.2) is 134 Å². The van der Waals surface area contributed by atoms with Crippen LogP contribution in [-0.4, -0.2) is 116 Å². The Morgan fingerprint density at radius 2 is 1.02 bits per heavy atom. The summed E-state index contributed by atoms with van der Waals surface area (Å²) in [7, 11) is 0. The first-order chi connectivity index (χ1) is 39.6. The zero-order chi connectivity index (χ0) is 59.4. The molecule has 440 valence electrons. The molecule has 0 spiro atoms. The van der Waals surface area contributed by atoms with Crippen LogP contribution >= 0.6 is 11.6 Å². The average Bonchev–Trinajstić information content (AvgIpc) is 4.07. The monoisotopic (exact) mass is 1170 g/mol. The summed E-state index contributed by atoms with van der Waals surface area (Å²) in [5.74, 6) is -3.23. The summed E-state index contributed by atoms with van der Waals surface area (Å²) in [5.41, 5.74) is 0.482. The van der Waals surface area contributed by atoms with Gasteiger partial charge in [0.05, 0.1) is 24.7 Å². The molecule has 2 aromatic heterocycles. The molecule has 4 fully saturated rings. The normalized spacial score (nSPS) is 20.5. The Hall–Kier alpha value is -8.07. The molecule has 6 aromatic rings. The maximum Gasteiger partial charge on any atom is 0.408 e. The van der Waals surface area contributed by atoms with Crippen LogP contribution in [0.2, 0.25) is 5.28 Å². The third kappa shape index (κ3) is 15.9. The van der Waals surface area contributed by atoms with E-state index >= 15 is 0 Å². The number of aromatic nitrogens is 4. The van der Waals surface area contributed by atoms with Crippen molar-refractivity contribution in [1.29, 1.82) is 0 Å². The second-order valence-electron chi connectivity index (χ2n) is 22.7. The highest BCUT2D eigenvalue weighted by Gasteiger charge is 2.55. The minimum atomic E-state index is -1.02. The van der Waals surface area contributed by atoms with Crippen LogP contribution in [0.1, 0.15) is 78.4 Å². The summed E-state index contributed by atoms with van der Waals surface area (Å²) >= 11 is 5.32. The van der Waals surface area contributed by atoms with Gasteiger partial charge in [-0.05, 0) is 102 Å². The van der Waals surface area contributed by atoms with Crippen LogP contribution in [0.25, 0.3) is 0 Å².